The first-order chi connectivity index (χ1) is 16.1. The van der Waals surface area contributed by atoms with Crippen molar-refractivity contribution in [2.24, 2.45) is 0 Å². The molecule has 1 aliphatic rings. The lowest BCUT2D eigenvalue weighted by atomic mass is 10.0. The van der Waals surface area contributed by atoms with Crippen LogP contribution >= 0.6 is 23.2 Å². The van der Waals surface area contributed by atoms with Crippen molar-refractivity contribution in [1.82, 2.24) is 14.6 Å². The summed E-state index contributed by atoms with van der Waals surface area (Å²) in [5, 5.41) is 12.3. The number of benzene rings is 1. The number of amides is 1. The van der Waals surface area contributed by atoms with Crippen molar-refractivity contribution >= 4 is 50.7 Å². The number of carboxylic acid groups (broad SMARTS) is 1. The van der Waals surface area contributed by atoms with E-state index in [0.29, 0.717) is 31.6 Å². The van der Waals surface area contributed by atoms with Gasteiger partial charge in [0.15, 0.2) is 0 Å². The van der Waals surface area contributed by atoms with Gasteiger partial charge in [0.2, 0.25) is 10.0 Å². The first kappa shape index (κ1) is 26.2. The predicted octanol–water partition coefficient (Wildman–Crippen LogP) is 3.64. The van der Waals surface area contributed by atoms with Crippen LogP contribution in [0.1, 0.15) is 41.4 Å². The van der Waals surface area contributed by atoms with E-state index in [1.807, 2.05) is 19.1 Å². The third-order valence-corrected chi connectivity index (χ3v) is 8.10. The molecule has 1 amide bonds. The number of pyridine rings is 1. The van der Waals surface area contributed by atoms with Gasteiger partial charge in [0.05, 0.1) is 21.4 Å². The highest BCUT2D eigenvalue weighted by molar-refractivity contribution is 7.89. The fraction of sp³-hybridized carbons (Fsp3) is 0.348. The van der Waals surface area contributed by atoms with Crippen LogP contribution in [0.5, 0.6) is 0 Å². The summed E-state index contributed by atoms with van der Waals surface area (Å²) in [6, 6.07) is 6.86. The summed E-state index contributed by atoms with van der Waals surface area (Å²) in [5.74, 6) is -1.77. The molecule has 1 aromatic carbocycles. The molecule has 1 aliphatic heterocycles. The first-order valence-electron chi connectivity index (χ1n) is 10.7. The minimum absolute atomic E-state index is 0.0135. The summed E-state index contributed by atoms with van der Waals surface area (Å²) in [6.07, 6.45) is 4.61. The second-order valence-corrected chi connectivity index (χ2v) is 10.8. The number of halogens is 2. The third kappa shape index (κ3) is 6.35. The molecule has 34 heavy (non-hydrogen) atoms. The molecule has 0 saturated heterocycles. The van der Waals surface area contributed by atoms with Crippen molar-refractivity contribution in [3.63, 3.8) is 0 Å². The van der Waals surface area contributed by atoms with E-state index < -0.39 is 27.9 Å². The smallest absolute Gasteiger partial charge is 0.326 e. The van der Waals surface area contributed by atoms with E-state index in [9.17, 15) is 23.1 Å². The summed E-state index contributed by atoms with van der Waals surface area (Å²) in [5.41, 5.74) is 2.32. The third-order valence-electron chi connectivity index (χ3n) is 5.43. The number of hydrogen-bond donors (Lipinski definition) is 2. The molecule has 0 saturated carbocycles. The Morgan fingerprint density at radius 1 is 1.21 bits per heavy atom. The van der Waals surface area contributed by atoms with Gasteiger partial charge in [-0.05, 0) is 42.2 Å². The molecule has 0 bridgehead atoms. The van der Waals surface area contributed by atoms with E-state index >= 15 is 0 Å². The Hall–Kier alpha value is -2.46. The summed E-state index contributed by atoms with van der Waals surface area (Å²) >= 11 is 12.1. The van der Waals surface area contributed by atoms with E-state index in [1.165, 1.54) is 16.4 Å². The number of carboxylic acids is 1. The molecule has 11 heteroatoms. The average molecular weight is 526 g/mol. The lowest BCUT2D eigenvalue weighted by Crippen LogP contribution is -2.42. The van der Waals surface area contributed by atoms with Crippen LogP contribution in [0.3, 0.4) is 0 Å². The minimum Gasteiger partial charge on any atom is -0.480 e. The summed E-state index contributed by atoms with van der Waals surface area (Å²) in [7, 11) is -3.24. The van der Waals surface area contributed by atoms with E-state index in [1.54, 1.807) is 18.3 Å². The lowest BCUT2D eigenvalue weighted by molar-refractivity contribution is -0.139. The van der Waals surface area contributed by atoms with E-state index in [2.05, 4.69) is 10.3 Å². The molecule has 0 radical (unpaired) electrons. The number of carbonyl (C=O) groups excluding carboxylic acids is 1. The van der Waals surface area contributed by atoms with Crippen LogP contribution in [0.4, 0.5) is 0 Å². The fourth-order valence-electron chi connectivity index (χ4n) is 3.64. The van der Waals surface area contributed by atoms with Crippen molar-refractivity contribution < 1.29 is 23.1 Å². The molecular formula is C23H25Cl2N3O5S. The van der Waals surface area contributed by atoms with Gasteiger partial charge in [-0.25, -0.2) is 13.2 Å². The van der Waals surface area contributed by atoms with E-state index in [4.69, 9.17) is 23.2 Å². The number of hydrogen-bond acceptors (Lipinski definition) is 5. The Kier molecular flexibility index (Phi) is 8.70. The maximum Gasteiger partial charge on any atom is 0.326 e. The van der Waals surface area contributed by atoms with Crippen LogP contribution in [0.2, 0.25) is 10.0 Å². The monoisotopic (exact) mass is 525 g/mol. The average Bonchev–Trinajstić information content (AvgIpc) is 2.79. The van der Waals surface area contributed by atoms with Gasteiger partial charge in [0, 0.05) is 31.4 Å². The summed E-state index contributed by atoms with van der Waals surface area (Å²) < 4.78 is 25.9. The highest BCUT2D eigenvalue weighted by Crippen LogP contribution is 2.25. The van der Waals surface area contributed by atoms with Gasteiger partial charge in [-0.15, -0.1) is 0 Å². The zero-order valence-corrected chi connectivity index (χ0v) is 20.8. The molecule has 182 valence electrons. The van der Waals surface area contributed by atoms with Crippen LogP contribution < -0.4 is 5.32 Å². The second kappa shape index (κ2) is 11.3. The van der Waals surface area contributed by atoms with Crippen molar-refractivity contribution in [3.8, 4) is 0 Å². The van der Waals surface area contributed by atoms with Crippen LogP contribution in [0.15, 0.2) is 42.6 Å². The first-order valence-corrected chi connectivity index (χ1v) is 13.1. The Morgan fingerprint density at radius 3 is 2.44 bits per heavy atom. The molecule has 0 unspecified atom stereocenters. The minimum atomic E-state index is -3.24. The van der Waals surface area contributed by atoms with Crippen molar-refractivity contribution in [3.05, 3.63) is 69.5 Å². The summed E-state index contributed by atoms with van der Waals surface area (Å²) in [6.45, 7) is 2.56. The van der Waals surface area contributed by atoms with Crippen LogP contribution in [-0.4, -0.2) is 59.6 Å². The molecule has 8 nitrogen and oxygen atoms in total. The summed E-state index contributed by atoms with van der Waals surface area (Å²) in [4.78, 5) is 28.7. The topological polar surface area (TPSA) is 117 Å². The Labute approximate surface area is 208 Å². The number of aromatic nitrogens is 1. The fourth-order valence-corrected chi connectivity index (χ4v) is 5.66. The molecule has 2 aromatic rings. The van der Waals surface area contributed by atoms with Gasteiger partial charge in [-0.3, -0.25) is 9.78 Å². The van der Waals surface area contributed by atoms with Crippen molar-refractivity contribution in [2.75, 3.05) is 18.8 Å². The molecule has 2 heterocycles. The van der Waals surface area contributed by atoms with Gasteiger partial charge < -0.3 is 10.4 Å². The standard InChI is InChI=1S/C23H25Cl2N3O5S/c1-2-12-34(32,33)28-10-8-15(9-11-28)16-6-7-17(26-14-16)13-20(23(30)31)27-22(29)21-18(24)4-3-5-19(21)25/h3-8,14,20H,2,9-13H2,1H3,(H,27,29)(H,30,31)/t20-/m0/s1. The van der Waals surface area contributed by atoms with Crippen LogP contribution in [0.25, 0.3) is 5.57 Å². The molecule has 0 spiro atoms. The number of sulfonamides is 1. The maximum atomic E-state index is 12.6. The molecular weight excluding hydrogens is 501 g/mol. The molecule has 2 N–H and O–H groups in total. The molecule has 0 aliphatic carbocycles. The predicted molar refractivity (Wildman–Crippen MR) is 132 cm³/mol. The number of rotatable bonds is 9. The van der Waals surface area contributed by atoms with Gasteiger partial charge in [0.25, 0.3) is 5.91 Å². The van der Waals surface area contributed by atoms with Gasteiger partial charge in [-0.1, -0.05) is 48.3 Å². The molecule has 0 fully saturated rings. The number of nitrogens with one attached hydrogen (secondary N) is 1. The van der Waals surface area contributed by atoms with E-state index in [-0.39, 0.29) is 27.8 Å². The molecule has 1 atom stereocenters. The Balaban J connectivity index is 1.67. The quantitative estimate of drug-likeness (QED) is 0.516. The highest BCUT2D eigenvalue weighted by atomic mass is 35.5. The largest absolute Gasteiger partial charge is 0.480 e. The van der Waals surface area contributed by atoms with Gasteiger partial charge >= 0.3 is 5.97 Å². The molecule has 3 rings (SSSR count). The number of nitrogens with zero attached hydrogens (tertiary/aromatic N) is 2. The van der Waals surface area contributed by atoms with Gasteiger partial charge in [-0.2, -0.15) is 4.31 Å². The van der Waals surface area contributed by atoms with Crippen LogP contribution in [0, 0.1) is 0 Å². The van der Waals surface area contributed by atoms with Crippen LogP contribution in [-0.2, 0) is 21.2 Å². The highest BCUT2D eigenvalue weighted by Gasteiger charge is 2.25. The zero-order chi connectivity index (χ0) is 24.9. The van der Waals surface area contributed by atoms with Gasteiger partial charge in [0.1, 0.15) is 6.04 Å². The SMILES string of the molecule is CCCS(=O)(=O)N1CC=C(c2ccc(C[C@H](NC(=O)c3c(Cl)cccc3Cl)C(=O)O)nc2)CC1. The number of carbonyl (C=O) groups is 2. The normalized spacial score (nSPS) is 15.4. The Morgan fingerprint density at radius 2 is 1.91 bits per heavy atom. The van der Waals surface area contributed by atoms with E-state index in [0.717, 1.165) is 11.1 Å². The lowest BCUT2D eigenvalue weighted by Gasteiger charge is -2.25. The molecule has 1 aromatic heterocycles. The van der Waals surface area contributed by atoms with Crippen molar-refractivity contribution in [2.45, 2.75) is 32.2 Å². The number of aliphatic carboxylic acids is 1. The maximum absolute atomic E-state index is 12.6. The van der Waals surface area contributed by atoms with Crippen molar-refractivity contribution in [1.29, 1.82) is 0 Å². The Bertz CT molecular complexity index is 1180. The zero-order valence-electron chi connectivity index (χ0n) is 18.5. The second-order valence-electron chi connectivity index (χ2n) is 7.86.